The highest BCUT2D eigenvalue weighted by molar-refractivity contribution is 5.93. The van der Waals surface area contributed by atoms with Crippen LogP contribution >= 0.6 is 0 Å². The standard InChI is InChI=1S/C16H24N2O2/c1-11-8-13(9-12(2)14(11)15(19)20-5)18-7-6-17-16(3,4)10-18/h8-9,17H,6-7,10H2,1-5H3. The lowest BCUT2D eigenvalue weighted by molar-refractivity contribution is 0.0599. The second-order valence-electron chi connectivity index (χ2n) is 6.18. The van der Waals surface area contributed by atoms with Gasteiger partial charge in [0.2, 0.25) is 0 Å². The van der Waals surface area contributed by atoms with Gasteiger partial charge in [-0.05, 0) is 51.0 Å². The van der Waals surface area contributed by atoms with Gasteiger partial charge in [-0.1, -0.05) is 0 Å². The van der Waals surface area contributed by atoms with Gasteiger partial charge in [0.15, 0.2) is 0 Å². The normalized spacial score (nSPS) is 17.9. The van der Waals surface area contributed by atoms with Gasteiger partial charge >= 0.3 is 5.97 Å². The van der Waals surface area contributed by atoms with Crippen molar-refractivity contribution in [2.24, 2.45) is 0 Å². The number of methoxy groups -OCH3 is 1. The molecule has 110 valence electrons. The van der Waals surface area contributed by atoms with E-state index in [0.717, 1.165) is 30.8 Å². The summed E-state index contributed by atoms with van der Waals surface area (Å²) in [5.74, 6) is -0.257. The maximum Gasteiger partial charge on any atom is 0.338 e. The van der Waals surface area contributed by atoms with Gasteiger partial charge in [-0.15, -0.1) is 0 Å². The first-order chi connectivity index (χ1) is 9.34. The van der Waals surface area contributed by atoms with Gasteiger partial charge in [-0.25, -0.2) is 4.79 Å². The van der Waals surface area contributed by atoms with E-state index in [1.165, 1.54) is 12.8 Å². The van der Waals surface area contributed by atoms with Crippen molar-refractivity contribution >= 4 is 11.7 Å². The molecule has 0 radical (unpaired) electrons. The number of piperazine rings is 1. The highest BCUT2D eigenvalue weighted by Crippen LogP contribution is 2.26. The van der Waals surface area contributed by atoms with Crippen LogP contribution in [0.2, 0.25) is 0 Å². The van der Waals surface area contributed by atoms with Crippen LogP contribution in [0.25, 0.3) is 0 Å². The molecular weight excluding hydrogens is 252 g/mol. The van der Waals surface area contributed by atoms with Gasteiger partial charge in [-0.2, -0.15) is 0 Å². The molecule has 0 spiro atoms. The van der Waals surface area contributed by atoms with Crippen LogP contribution in [0.5, 0.6) is 0 Å². The fourth-order valence-electron chi connectivity index (χ4n) is 2.91. The average Bonchev–Trinajstić information content (AvgIpc) is 2.36. The van der Waals surface area contributed by atoms with E-state index < -0.39 is 0 Å². The van der Waals surface area contributed by atoms with Crippen molar-refractivity contribution in [1.82, 2.24) is 5.32 Å². The SMILES string of the molecule is COC(=O)c1c(C)cc(N2CCNC(C)(C)C2)cc1C. The topological polar surface area (TPSA) is 41.6 Å². The number of ether oxygens (including phenoxy) is 1. The van der Waals surface area contributed by atoms with Gasteiger partial charge < -0.3 is 15.0 Å². The Morgan fingerprint density at radius 3 is 2.40 bits per heavy atom. The summed E-state index contributed by atoms with van der Waals surface area (Å²) < 4.78 is 4.85. The van der Waals surface area contributed by atoms with E-state index in [1.807, 2.05) is 13.8 Å². The van der Waals surface area contributed by atoms with Crippen LogP contribution in [0.4, 0.5) is 5.69 Å². The molecule has 0 aromatic heterocycles. The van der Waals surface area contributed by atoms with Gasteiger partial charge in [0.1, 0.15) is 0 Å². The van der Waals surface area contributed by atoms with Crippen LogP contribution in [-0.4, -0.2) is 38.3 Å². The molecule has 0 aliphatic carbocycles. The summed E-state index contributed by atoms with van der Waals surface area (Å²) in [7, 11) is 1.42. The Morgan fingerprint density at radius 1 is 1.30 bits per heavy atom. The molecule has 2 rings (SSSR count). The zero-order valence-electron chi connectivity index (χ0n) is 13.0. The van der Waals surface area contributed by atoms with E-state index in [2.05, 4.69) is 36.2 Å². The van der Waals surface area contributed by atoms with Gasteiger partial charge in [0.05, 0.1) is 12.7 Å². The van der Waals surface area contributed by atoms with Crippen molar-refractivity contribution in [3.63, 3.8) is 0 Å². The van der Waals surface area contributed by atoms with Crippen molar-refractivity contribution in [2.45, 2.75) is 33.2 Å². The average molecular weight is 276 g/mol. The molecule has 1 aromatic carbocycles. The molecule has 0 atom stereocenters. The lowest BCUT2D eigenvalue weighted by atomic mass is 9.98. The van der Waals surface area contributed by atoms with Crippen LogP contribution < -0.4 is 10.2 Å². The zero-order chi connectivity index (χ0) is 14.9. The number of benzene rings is 1. The van der Waals surface area contributed by atoms with Crippen LogP contribution in [0.3, 0.4) is 0 Å². The number of carbonyl (C=O) groups excluding carboxylic acids is 1. The Bertz CT molecular complexity index is 500. The van der Waals surface area contributed by atoms with E-state index in [1.54, 1.807) is 0 Å². The first kappa shape index (κ1) is 14.9. The number of nitrogens with zero attached hydrogens (tertiary/aromatic N) is 1. The first-order valence-corrected chi connectivity index (χ1v) is 7.03. The number of nitrogens with one attached hydrogen (secondary N) is 1. The van der Waals surface area contributed by atoms with Crippen LogP contribution in [0.1, 0.15) is 35.3 Å². The fraction of sp³-hybridized carbons (Fsp3) is 0.562. The quantitative estimate of drug-likeness (QED) is 0.841. The number of carbonyl (C=O) groups is 1. The molecule has 0 bridgehead atoms. The molecule has 1 saturated heterocycles. The number of rotatable bonds is 2. The summed E-state index contributed by atoms with van der Waals surface area (Å²) in [6.45, 7) is 11.3. The Morgan fingerprint density at radius 2 is 1.90 bits per heavy atom. The zero-order valence-corrected chi connectivity index (χ0v) is 13.0. The Hall–Kier alpha value is -1.55. The van der Waals surface area contributed by atoms with E-state index in [4.69, 9.17) is 4.74 Å². The Labute approximate surface area is 121 Å². The van der Waals surface area contributed by atoms with Gasteiger partial charge in [0.25, 0.3) is 0 Å². The molecule has 1 fully saturated rings. The molecule has 1 heterocycles. The molecule has 4 heteroatoms. The minimum Gasteiger partial charge on any atom is -0.465 e. The number of esters is 1. The van der Waals surface area contributed by atoms with E-state index in [0.29, 0.717) is 5.56 Å². The maximum absolute atomic E-state index is 11.8. The number of hydrogen-bond donors (Lipinski definition) is 1. The van der Waals surface area contributed by atoms with Crippen molar-refractivity contribution < 1.29 is 9.53 Å². The number of anilines is 1. The van der Waals surface area contributed by atoms with Crippen LogP contribution in [0.15, 0.2) is 12.1 Å². The first-order valence-electron chi connectivity index (χ1n) is 7.03. The van der Waals surface area contributed by atoms with Crippen molar-refractivity contribution in [1.29, 1.82) is 0 Å². The third kappa shape index (κ3) is 2.96. The highest BCUT2D eigenvalue weighted by Gasteiger charge is 2.26. The van der Waals surface area contributed by atoms with Crippen molar-refractivity contribution in [2.75, 3.05) is 31.6 Å². The molecule has 1 N–H and O–H groups in total. The van der Waals surface area contributed by atoms with E-state index >= 15 is 0 Å². The summed E-state index contributed by atoms with van der Waals surface area (Å²) in [6.07, 6.45) is 0. The minimum atomic E-state index is -0.257. The molecule has 1 aliphatic rings. The van der Waals surface area contributed by atoms with E-state index in [-0.39, 0.29) is 11.5 Å². The predicted molar refractivity (Wildman–Crippen MR) is 81.6 cm³/mol. The second-order valence-corrected chi connectivity index (χ2v) is 6.18. The van der Waals surface area contributed by atoms with Crippen molar-refractivity contribution in [3.05, 3.63) is 28.8 Å². The molecule has 0 saturated carbocycles. The summed E-state index contributed by atoms with van der Waals surface area (Å²) in [5.41, 5.74) is 3.93. The molecule has 4 nitrogen and oxygen atoms in total. The third-order valence-electron chi connectivity index (χ3n) is 3.84. The third-order valence-corrected chi connectivity index (χ3v) is 3.84. The molecular formula is C16H24N2O2. The summed E-state index contributed by atoms with van der Waals surface area (Å²) in [6, 6.07) is 4.17. The maximum atomic E-state index is 11.8. The molecule has 1 aliphatic heterocycles. The molecule has 0 amide bonds. The van der Waals surface area contributed by atoms with E-state index in [9.17, 15) is 4.79 Å². The monoisotopic (exact) mass is 276 g/mol. The van der Waals surface area contributed by atoms with Crippen LogP contribution in [0, 0.1) is 13.8 Å². The number of aryl methyl sites for hydroxylation is 2. The van der Waals surface area contributed by atoms with Gasteiger partial charge in [-0.3, -0.25) is 0 Å². The fourth-order valence-corrected chi connectivity index (χ4v) is 2.91. The minimum absolute atomic E-state index is 0.112. The summed E-state index contributed by atoms with van der Waals surface area (Å²) in [4.78, 5) is 14.2. The smallest absolute Gasteiger partial charge is 0.338 e. The summed E-state index contributed by atoms with van der Waals surface area (Å²) in [5, 5.41) is 3.51. The van der Waals surface area contributed by atoms with Crippen molar-refractivity contribution in [3.8, 4) is 0 Å². The lowest BCUT2D eigenvalue weighted by Crippen LogP contribution is -2.57. The van der Waals surface area contributed by atoms with Gasteiger partial charge in [0, 0.05) is 30.9 Å². The number of hydrogen-bond acceptors (Lipinski definition) is 4. The predicted octanol–water partition coefficient (Wildman–Crippen LogP) is 2.28. The second kappa shape index (κ2) is 5.44. The highest BCUT2D eigenvalue weighted by atomic mass is 16.5. The largest absolute Gasteiger partial charge is 0.465 e. The molecule has 1 aromatic rings. The van der Waals surface area contributed by atoms with Crippen LogP contribution in [-0.2, 0) is 4.74 Å². The summed E-state index contributed by atoms with van der Waals surface area (Å²) >= 11 is 0. The Balaban J connectivity index is 2.33. The lowest BCUT2D eigenvalue weighted by Gasteiger charge is -2.40. The molecule has 0 unspecified atom stereocenters. The Kier molecular flexibility index (Phi) is 4.04. The molecule has 20 heavy (non-hydrogen) atoms.